The van der Waals surface area contributed by atoms with Crippen LogP contribution in [0.5, 0.6) is 0 Å². The Morgan fingerprint density at radius 3 is 0.818 bits per heavy atom. The van der Waals surface area contributed by atoms with Crippen LogP contribution in [0.2, 0.25) is 0 Å². The Hall–Kier alpha value is -4.97. The van der Waals surface area contributed by atoms with E-state index in [1.165, 1.54) is 51.4 Å². The monoisotopic (exact) mass is 1060 g/mol. The summed E-state index contributed by atoms with van der Waals surface area (Å²) < 4.78 is 16.8. The Bertz CT molecular complexity index is 1740. The predicted octanol–water partition coefficient (Wildman–Crippen LogP) is 21.3. The van der Waals surface area contributed by atoms with Gasteiger partial charge in [0.05, 0.1) is 0 Å². The van der Waals surface area contributed by atoms with Gasteiger partial charge in [0.25, 0.3) is 0 Å². The zero-order valence-corrected chi connectivity index (χ0v) is 49.4. The largest absolute Gasteiger partial charge is 0.462 e. The lowest BCUT2D eigenvalue weighted by molar-refractivity contribution is -0.167. The second-order valence-electron chi connectivity index (χ2n) is 19.8. The lowest BCUT2D eigenvalue weighted by atomic mass is 10.1. The minimum absolute atomic E-state index is 0.112. The van der Waals surface area contributed by atoms with Gasteiger partial charge in [0, 0.05) is 19.3 Å². The van der Waals surface area contributed by atoms with Crippen molar-refractivity contribution in [1.82, 2.24) is 0 Å². The molecule has 0 aromatic carbocycles. The SMILES string of the molecule is CC/C=C\C/C=C\C/C=C\C/C=C\C/C=C\C/C=C\C/C=C\CCCCCCCC(=O)OCC(COC(=O)CCCC/C=C\C/C=C\C/C=C\C/C=C\CC)OC(=O)CCCCCCCCC/C=C\C/C=C\CCCCC. The van der Waals surface area contributed by atoms with E-state index in [2.05, 4.69) is 179 Å². The number of hydrogen-bond donors (Lipinski definition) is 0. The Morgan fingerprint density at radius 1 is 0.273 bits per heavy atom. The summed E-state index contributed by atoms with van der Waals surface area (Å²) >= 11 is 0. The van der Waals surface area contributed by atoms with Gasteiger partial charge in [-0.3, -0.25) is 14.4 Å². The van der Waals surface area contributed by atoms with Gasteiger partial charge in [-0.15, -0.1) is 0 Å². The van der Waals surface area contributed by atoms with E-state index >= 15 is 0 Å². The summed E-state index contributed by atoms with van der Waals surface area (Å²) in [6.45, 7) is 6.32. The van der Waals surface area contributed by atoms with Crippen molar-refractivity contribution in [2.75, 3.05) is 13.2 Å². The van der Waals surface area contributed by atoms with E-state index in [-0.39, 0.29) is 31.1 Å². The molecule has 0 saturated carbocycles. The molecule has 0 amide bonds. The third-order valence-electron chi connectivity index (χ3n) is 12.5. The highest BCUT2D eigenvalue weighted by molar-refractivity contribution is 5.71. The van der Waals surface area contributed by atoms with Gasteiger partial charge in [-0.25, -0.2) is 0 Å². The Kier molecular flexibility index (Phi) is 59.5. The second-order valence-corrected chi connectivity index (χ2v) is 19.8. The highest BCUT2D eigenvalue weighted by Gasteiger charge is 2.19. The molecular formula is C71H112O6. The number of esters is 3. The van der Waals surface area contributed by atoms with Crippen LogP contribution in [0, 0.1) is 0 Å². The maximum Gasteiger partial charge on any atom is 0.306 e. The van der Waals surface area contributed by atoms with E-state index in [0.717, 1.165) is 154 Å². The lowest BCUT2D eigenvalue weighted by Crippen LogP contribution is -2.30. The highest BCUT2D eigenvalue weighted by atomic mass is 16.6. The van der Waals surface area contributed by atoms with Crippen LogP contribution in [0.1, 0.15) is 252 Å². The maximum absolute atomic E-state index is 12.9. The predicted molar refractivity (Wildman–Crippen MR) is 334 cm³/mol. The van der Waals surface area contributed by atoms with Crippen molar-refractivity contribution in [3.8, 4) is 0 Å². The number of rotatable bonds is 54. The third kappa shape index (κ3) is 61.8. The van der Waals surface area contributed by atoms with Crippen molar-refractivity contribution in [2.24, 2.45) is 0 Å². The first kappa shape index (κ1) is 72.0. The molecule has 0 saturated heterocycles. The van der Waals surface area contributed by atoms with E-state index in [4.69, 9.17) is 14.2 Å². The molecule has 0 aromatic rings. The number of unbranched alkanes of at least 4 members (excludes halogenated alkanes) is 17. The molecule has 0 fully saturated rings. The van der Waals surface area contributed by atoms with Gasteiger partial charge in [-0.05, 0) is 148 Å². The van der Waals surface area contributed by atoms with Gasteiger partial charge >= 0.3 is 17.9 Å². The third-order valence-corrected chi connectivity index (χ3v) is 12.5. The fourth-order valence-electron chi connectivity index (χ4n) is 7.91. The average Bonchev–Trinajstić information content (AvgIpc) is 3.43. The molecule has 0 N–H and O–H groups in total. The molecule has 0 radical (unpaired) electrons. The first-order chi connectivity index (χ1) is 38.0. The molecule has 432 valence electrons. The van der Waals surface area contributed by atoms with Gasteiger partial charge in [0.1, 0.15) is 13.2 Å². The molecule has 0 bridgehead atoms. The lowest BCUT2D eigenvalue weighted by Gasteiger charge is -2.18. The number of allylic oxidation sites excluding steroid dienone is 26. The van der Waals surface area contributed by atoms with E-state index < -0.39 is 6.10 Å². The molecule has 77 heavy (non-hydrogen) atoms. The van der Waals surface area contributed by atoms with E-state index in [1.807, 2.05) is 0 Å². The van der Waals surface area contributed by atoms with E-state index in [9.17, 15) is 14.4 Å². The van der Waals surface area contributed by atoms with Gasteiger partial charge in [-0.2, -0.15) is 0 Å². The Balaban J connectivity index is 4.47. The van der Waals surface area contributed by atoms with Gasteiger partial charge in [0.15, 0.2) is 6.10 Å². The Labute approximate surface area is 473 Å². The molecule has 1 atom stereocenters. The van der Waals surface area contributed by atoms with Crippen LogP contribution in [0.25, 0.3) is 0 Å². The van der Waals surface area contributed by atoms with Crippen LogP contribution >= 0.6 is 0 Å². The van der Waals surface area contributed by atoms with Crippen LogP contribution in [0.15, 0.2) is 158 Å². The fourth-order valence-corrected chi connectivity index (χ4v) is 7.91. The van der Waals surface area contributed by atoms with Crippen molar-refractivity contribution < 1.29 is 28.6 Å². The van der Waals surface area contributed by atoms with Gasteiger partial charge in [0.2, 0.25) is 0 Å². The number of hydrogen-bond acceptors (Lipinski definition) is 6. The standard InChI is InChI=1S/C71H112O6/c1-4-7-10-13-16-19-22-25-28-30-31-32-33-34-35-36-37-38-39-41-43-46-49-52-55-58-61-64-70(73)76-67-68(66-75-69(72)63-60-57-54-51-48-45-42-27-24-21-18-15-12-9-6-3)77-71(74)65-62-59-56-53-50-47-44-40-29-26-23-20-17-14-11-8-5-2/h7,9-10,12,16-21,25-29,31-32,34-35,37-38,41-43,48,51,68H,4-6,8,11,13-15,22-24,30,33,36,39-40,44-47,49-50,52-67H2,1-3H3/b10-7-,12-9-,19-16-,20-17-,21-18-,28-25-,29-26-,32-31-,35-34-,38-37-,42-27-,43-41-,51-48-. The van der Waals surface area contributed by atoms with Crippen molar-refractivity contribution >= 4 is 17.9 Å². The number of carbonyl (C=O) groups is 3. The Morgan fingerprint density at radius 2 is 0.506 bits per heavy atom. The normalized spacial score (nSPS) is 13.2. The van der Waals surface area contributed by atoms with Crippen molar-refractivity contribution in [3.63, 3.8) is 0 Å². The summed E-state index contributed by atoms with van der Waals surface area (Å²) in [5.41, 5.74) is 0. The fraction of sp³-hybridized carbons (Fsp3) is 0.592. The zero-order chi connectivity index (χ0) is 55.7. The van der Waals surface area contributed by atoms with Crippen LogP contribution in [-0.4, -0.2) is 37.2 Å². The molecule has 6 nitrogen and oxygen atoms in total. The van der Waals surface area contributed by atoms with Gasteiger partial charge < -0.3 is 14.2 Å². The zero-order valence-electron chi connectivity index (χ0n) is 49.4. The summed E-state index contributed by atoms with van der Waals surface area (Å²) in [7, 11) is 0. The summed E-state index contributed by atoms with van der Waals surface area (Å²) in [6, 6.07) is 0. The molecule has 0 rings (SSSR count). The average molecular weight is 1060 g/mol. The van der Waals surface area contributed by atoms with Crippen LogP contribution < -0.4 is 0 Å². The second kappa shape index (κ2) is 63.6. The molecule has 0 aromatic heterocycles. The first-order valence-corrected chi connectivity index (χ1v) is 31.0. The summed E-state index contributed by atoms with van der Waals surface area (Å²) in [5.74, 6) is -0.984. The van der Waals surface area contributed by atoms with Crippen molar-refractivity contribution in [1.29, 1.82) is 0 Å². The number of carbonyl (C=O) groups excluding carboxylic acids is 3. The van der Waals surface area contributed by atoms with Crippen LogP contribution in [0.3, 0.4) is 0 Å². The summed E-state index contributed by atoms with van der Waals surface area (Å²) in [4.78, 5) is 38.3. The molecule has 1 unspecified atom stereocenters. The van der Waals surface area contributed by atoms with Crippen molar-refractivity contribution in [2.45, 2.75) is 258 Å². The van der Waals surface area contributed by atoms with Crippen LogP contribution in [-0.2, 0) is 28.6 Å². The molecule has 0 spiro atoms. The highest BCUT2D eigenvalue weighted by Crippen LogP contribution is 2.14. The van der Waals surface area contributed by atoms with Crippen LogP contribution in [0.4, 0.5) is 0 Å². The topological polar surface area (TPSA) is 78.9 Å². The smallest absolute Gasteiger partial charge is 0.306 e. The van der Waals surface area contributed by atoms with E-state index in [0.29, 0.717) is 25.7 Å². The quantitative estimate of drug-likeness (QED) is 0.0261. The molecule has 0 aliphatic heterocycles. The van der Waals surface area contributed by atoms with Gasteiger partial charge in [-0.1, -0.05) is 243 Å². The minimum atomic E-state index is -0.817. The molecular weight excluding hydrogens is 949 g/mol. The summed E-state index contributed by atoms with van der Waals surface area (Å²) in [5, 5.41) is 0. The molecule has 0 aliphatic carbocycles. The molecule has 0 heterocycles. The first-order valence-electron chi connectivity index (χ1n) is 31.0. The summed E-state index contributed by atoms with van der Waals surface area (Å²) in [6.07, 6.45) is 92.4. The molecule has 0 aliphatic rings. The minimum Gasteiger partial charge on any atom is -0.462 e. The molecule has 6 heteroatoms. The van der Waals surface area contributed by atoms with Crippen molar-refractivity contribution in [3.05, 3.63) is 158 Å². The van der Waals surface area contributed by atoms with E-state index in [1.54, 1.807) is 0 Å². The number of ether oxygens (including phenoxy) is 3. The maximum atomic E-state index is 12.9.